The van der Waals surface area contributed by atoms with Crippen LogP contribution in [0.15, 0.2) is 24.3 Å². The molecule has 0 radical (unpaired) electrons. The number of imide groups is 1. The predicted molar refractivity (Wildman–Crippen MR) is 120 cm³/mol. The Kier molecular flexibility index (Phi) is 6.55. The molecule has 3 N–H and O–H groups in total. The number of fused-ring (bicyclic) bond motifs is 1. The van der Waals surface area contributed by atoms with Crippen LogP contribution in [-0.2, 0) is 9.59 Å². The summed E-state index contributed by atoms with van der Waals surface area (Å²) in [5.41, 5.74) is 2.19. The van der Waals surface area contributed by atoms with E-state index in [1.54, 1.807) is 11.9 Å². The number of rotatable bonds is 5. The number of amides is 4. The van der Waals surface area contributed by atoms with E-state index >= 15 is 0 Å². The third-order valence-electron chi connectivity index (χ3n) is 6.48. The molecule has 4 atom stereocenters. The Morgan fingerprint density at radius 2 is 1.81 bits per heavy atom. The van der Waals surface area contributed by atoms with Crippen molar-refractivity contribution in [3.8, 4) is 0 Å². The number of carbonyl (C=O) groups is 3. The summed E-state index contributed by atoms with van der Waals surface area (Å²) in [7, 11) is 3.22. The van der Waals surface area contributed by atoms with Gasteiger partial charge in [0, 0.05) is 20.1 Å². The molecule has 1 aliphatic carbocycles. The summed E-state index contributed by atoms with van der Waals surface area (Å²) < 4.78 is 0. The highest BCUT2D eigenvalue weighted by atomic mass is 32.2. The fraction of sp³-hybridized carbons (Fsp3) is 0.591. The maximum atomic E-state index is 13.0. The molecule has 4 unspecified atom stereocenters. The minimum Gasteiger partial charge on any atom is -0.353 e. The monoisotopic (exact) mass is 445 g/mol. The average Bonchev–Trinajstić information content (AvgIpc) is 3.27. The van der Waals surface area contributed by atoms with E-state index in [-0.39, 0.29) is 41.2 Å². The van der Waals surface area contributed by atoms with Crippen LogP contribution in [0.1, 0.15) is 43.0 Å². The number of urea groups is 1. The SMILES string of the molecule is Cc1ccc(C2NC(SCC(=O)NC3CCCC3)C3C(=O)N(C)C(=O)N(C)C3N2)cc1. The smallest absolute Gasteiger partial charge is 0.327 e. The Labute approximate surface area is 187 Å². The van der Waals surface area contributed by atoms with E-state index in [1.165, 1.54) is 23.7 Å². The molecule has 168 valence electrons. The number of benzene rings is 1. The lowest BCUT2D eigenvalue weighted by Gasteiger charge is -2.50. The fourth-order valence-electron chi connectivity index (χ4n) is 4.65. The van der Waals surface area contributed by atoms with Crippen LogP contribution >= 0.6 is 11.8 Å². The molecular formula is C22H31N5O3S. The number of aryl methyl sites for hydroxylation is 1. The number of carbonyl (C=O) groups excluding carboxylic acids is 3. The minimum atomic E-state index is -0.487. The van der Waals surface area contributed by atoms with E-state index < -0.39 is 12.1 Å². The third kappa shape index (κ3) is 4.58. The van der Waals surface area contributed by atoms with Crippen molar-refractivity contribution in [3.05, 3.63) is 35.4 Å². The van der Waals surface area contributed by atoms with Crippen molar-refractivity contribution in [2.75, 3.05) is 19.8 Å². The van der Waals surface area contributed by atoms with Crippen LogP contribution < -0.4 is 16.0 Å². The van der Waals surface area contributed by atoms with Crippen LogP contribution in [0, 0.1) is 12.8 Å². The summed E-state index contributed by atoms with van der Waals surface area (Å²) in [6, 6.07) is 8.09. The Balaban J connectivity index is 1.52. The van der Waals surface area contributed by atoms with Gasteiger partial charge in [0.2, 0.25) is 11.8 Å². The van der Waals surface area contributed by atoms with Gasteiger partial charge in [-0.25, -0.2) is 4.79 Å². The molecule has 1 aromatic carbocycles. The molecule has 8 nitrogen and oxygen atoms in total. The van der Waals surface area contributed by atoms with Crippen LogP contribution in [0.25, 0.3) is 0 Å². The van der Waals surface area contributed by atoms with Gasteiger partial charge in [0.05, 0.1) is 29.4 Å². The maximum absolute atomic E-state index is 13.0. The zero-order valence-corrected chi connectivity index (χ0v) is 19.1. The summed E-state index contributed by atoms with van der Waals surface area (Å²) in [6.45, 7) is 2.03. The molecule has 1 aromatic rings. The van der Waals surface area contributed by atoms with E-state index in [0.717, 1.165) is 36.8 Å². The standard InChI is InChI=1S/C22H31N5O3S/c1-13-8-10-14(11-9-13)18-24-19-17(21(29)27(3)22(30)26(19)2)20(25-18)31-12-16(28)23-15-6-4-5-7-15/h8-11,15,17-20,24-25H,4-7,12H2,1-3H3,(H,23,28). The summed E-state index contributed by atoms with van der Waals surface area (Å²) in [5.74, 6) is -0.448. The number of hydrogen-bond acceptors (Lipinski definition) is 6. The molecule has 3 fully saturated rings. The zero-order valence-electron chi connectivity index (χ0n) is 18.3. The lowest BCUT2D eigenvalue weighted by molar-refractivity contribution is -0.140. The highest BCUT2D eigenvalue weighted by molar-refractivity contribution is 8.00. The van der Waals surface area contributed by atoms with Gasteiger partial charge in [-0.15, -0.1) is 11.8 Å². The van der Waals surface area contributed by atoms with Gasteiger partial charge < -0.3 is 10.2 Å². The molecule has 2 heterocycles. The molecule has 0 spiro atoms. The first-order chi connectivity index (χ1) is 14.8. The summed E-state index contributed by atoms with van der Waals surface area (Å²) in [6.07, 6.45) is 3.73. The van der Waals surface area contributed by atoms with Crippen LogP contribution in [0.2, 0.25) is 0 Å². The number of nitrogens with zero attached hydrogens (tertiary/aromatic N) is 2. The molecule has 2 aliphatic heterocycles. The van der Waals surface area contributed by atoms with Crippen LogP contribution in [-0.4, -0.2) is 65.1 Å². The Bertz CT molecular complexity index is 842. The topological polar surface area (TPSA) is 93.8 Å². The molecular weight excluding hydrogens is 414 g/mol. The molecule has 0 bridgehead atoms. The van der Waals surface area contributed by atoms with Crippen LogP contribution in [0.3, 0.4) is 0 Å². The third-order valence-corrected chi connectivity index (χ3v) is 7.70. The molecule has 1 saturated carbocycles. The van der Waals surface area contributed by atoms with Gasteiger partial charge in [0.25, 0.3) is 0 Å². The van der Waals surface area contributed by atoms with E-state index in [1.807, 2.05) is 31.2 Å². The molecule has 4 amide bonds. The van der Waals surface area contributed by atoms with Gasteiger partial charge in [-0.1, -0.05) is 42.7 Å². The summed E-state index contributed by atoms with van der Waals surface area (Å²) >= 11 is 1.44. The molecule has 4 rings (SSSR count). The Morgan fingerprint density at radius 1 is 1.13 bits per heavy atom. The van der Waals surface area contributed by atoms with E-state index in [0.29, 0.717) is 0 Å². The zero-order chi connectivity index (χ0) is 22.1. The summed E-state index contributed by atoms with van der Waals surface area (Å²) in [5, 5.41) is 9.75. The van der Waals surface area contributed by atoms with E-state index in [9.17, 15) is 14.4 Å². The summed E-state index contributed by atoms with van der Waals surface area (Å²) in [4.78, 5) is 40.8. The second-order valence-corrected chi connectivity index (χ2v) is 9.85. The fourth-order valence-corrected chi connectivity index (χ4v) is 5.77. The van der Waals surface area contributed by atoms with E-state index in [2.05, 4.69) is 16.0 Å². The van der Waals surface area contributed by atoms with Gasteiger partial charge in [0.1, 0.15) is 0 Å². The predicted octanol–water partition coefficient (Wildman–Crippen LogP) is 1.77. The van der Waals surface area contributed by atoms with E-state index in [4.69, 9.17) is 0 Å². The van der Waals surface area contributed by atoms with Crippen molar-refractivity contribution in [1.82, 2.24) is 25.8 Å². The van der Waals surface area contributed by atoms with Crippen molar-refractivity contribution in [2.24, 2.45) is 5.92 Å². The highest BCUT2D eigenvalue weighted by Crippen LogP contribution is 2.34. The number of nitrogens with one attached hydrogen (secondary N) is 3. The molecule has 31 heavy (non-hydrogen) atoms. The van der Waals surface area contributed by atoms with Gasteiger partial charge in [-0.2, -0.15) is 0 Å². The largest absolute Gasteiger partial charge is 0.353 e. The average molecular weight is 446 g/mol. The lowest BCUT2D eigenvalue weighted by Crippen LogP contribution is -2.72. The van der Waals surface area contributed by atoms with Crippen molar-refractivity contribution in [2.45, 2.75) is 56.4 Å². The first-order valence-electron chi connectivity index (χ1n) is 10.9. The van der Waals surface area contributed by atoms with Gasteiger partial charge in [-0.3, -0.25) is 25.1 Å². The molecule has 3 aliphatic rings. The number of hydrogen-bond donors (Lipinski definition) is 3. The number of thioether (sulfide) groups is 1. The Morgan fingerprint density at radius 3 is 2.48 bits per heavy atom. The van der Waals surface area contributed by atoms with Gasteiger partial charge in [0.15, 0.2) is 0 Å². The van der Waals surface area contributed by atoms with Crippen molar-refractivity contribution < 1.29 is 14.4 Å². The van der Waals surface area contributed by atoms with Crippen LogP contribution in [0.5, 0.6) is 0 Å². The highest BCUT2D eigenvalue weighted by Gasteiger charge is 2.51. The van der Waals surface area contributed by atoms with Crippen molar-refractivity contribution in [1.29, 1.82) is 0 Å². The molecule has 0 aromatic heterocycles. The first-order valence-corrected chi connectivity index (χ1v) is 11.9. The van der Waals surface area contributed by atoms with Crippen molar-refractivity contribution in [3.63, 3.8) is 0 Å². The van der Waals surface area contributed by atoms with Crippen LogP contribution in [0.4, 0.5) is 4.79 Å². The molecule has 9 heteroatoms. The van der Waals surface area contributed by atoms with Crippen molar-refractivity contribution >= 4 is 29.6 Å². The van der Waals surface area contributed by atoms with Gasteiger partial charge >= 0.3 is 6.03 Å². The second-order valence-electron chi connectivity index (χ2n) is 8.72. The normalized spacial score (nSPS) is 29.3. The second kappa shape index (κ2) is 9.18. The van der Waals surface area contributed by atoms with Gasteiger partial charge in [-0.05, 0) is 25.3 Å². The molecule has 2 saturated heterocycles. The first kappa shape index (κ1) is 22.1. The quantitative estimate of drug-likeness (QED) is 0.640. The minimum absolute atomic E-state index is 0.00159. The Hall–Kier alpha value is -2.10. The maximum Gasteiger partial charge on any atom is 0.327 e. The lowest BCUT2D eigenvalue weighted by atomic mass is 9.96.